The van der Waals surface area contributed by atoms with Gasteiger partial charge in [0, 0.05) is 31.3 Å². The Balaban J connectivity index is 1.98. The number of amides is 1. The molecule has 0 fully saturated rings. The normalized spacial score (nSPS) is 10.8. The highest BCUT2D eigenvalue weighted by Gasteiger charge is 2.03. The number of nitrogens with one attached hydrogen (secondary N) is 1. The minimum absolute atomic E-state index is 0.298. The number of carbonyl (C=O) groups excluding carboxylic acids is 1. The zero-order valence-electron chi connectivity index (χ0n) is 10.2. The van der Waals surface area contributed by atoms with Gasteiger partial charge in [-0.1, -0.05) is 0 Å². The summed E-state index contributed by atoms with van der Waals surface area (Å²) in [7, 11) is 1.85. The second-order valence-corrected chi connectivity index (χ2v) is 3.78. The van der Waals surface area contributed by atoms with Gasteiger partial charge in [0.1, 0.15) is 0 Å². The maximum absolute atomic E-state index is 11.7. The lowest BCUT2D eigenvalue weighted by Crippen LogP contribution is -2.18. The van der Waals surface area contributed by atoms with Gasteiger partial charge in [0.05, 0.1) is 11.8 Å². The number of imidazole rings is 1. The second-order valence-electron chi connectivity index (χ2n) is 3.78. The first-order chi connectivity index (χ1) is 8.66. The molecule has 2 aromatic rings. The molecule has 1 N–H and O–H groups in total. The smallest absolute Gasteiger partial charge is 0.272 e. The number of aromatic nitrogens is 3. The van der Waals surface area contributed by atoms with Gasteiger partial charge in [-0.3, -0.25) is 9.78 Å². The molecular formula is C12H13N5O. The molecular weight excluding hydrogens is 230 g/mol. The number of rotatable bonds is 3. The average Bonchev–Trinajstić information content (AvgIpc) is 2.76. The highest BCUT2D eigenvalue weighted by molar-refractivity contribution is 5.94. The van der Waals surface area contributed by atoms with Crippen LogP contribution in [0.5, 0.6) is 0 Å². The summed E-state index contributed by atoms with van der Waals surface area (Å²) in [4.78, 5) is 19.8. The van der Waals surface area contributed by atoms with Crippen molar-refractivity contribution in [3.05, 3.63) is 47.8 Å². The molecule has 0 saturated carbocycles. The molecule has 0 unspecified atom stereocenters. The molecule has 0 bridgehead atoms. The van der Waals surface area contributed by atoms with Crippen LogP contribution in [0.1, 0.15) is 21.9 Å². The zero-order chi connectivity index (χ0) is 13.0. The van der Waals surface area contributed by atoms with E-state index in [4.69, 9.17) is 0 Å². The molecule has 6 nitrogen and oxygen atoms in total. The van der Waals surface area contributed by atoms with Gasteiger partial charge in [-0.15, -0.1) is 0 Å². The van der Waals surface area contributed by atoms with E-state index in [1.807, 2.05) is 14.0 Å². The highest BCUT2D eigenvalue weighted by atomic mass is 16.2. The lowest BCUT2D eigenvalue weighted by molar-refractivity contribution is 0.0955. The van der Waals surface area contributed by atoms with Gasteiger partial charge in [-0.05, 0) is 19.1 Å². The van der Waals surface area contributed by atoms with Crippen molar-refractivity contribution < 1.29 is 4.79 Å². The van der Waals surface area contributed by atoms with Crippen LogP contribution in [0.25, 0.3) is 0 Å². The first kappa shape index (κ1) is 12.0. The van der Waals surface area contributed by atoms with Crippen LogP contribution in [-0.2, 0) is 7.05 Å². The molecule has 0 aliphatic heterocycles. The SMILES string of the molecule is Cc1ccc(C(=O)N/N=C/c2nccn2C)cn1. The maximum atomic E-state index is 11.7. The number of hydrazone groups is 1. The fourth-order valence-electron chi connectivity index (χ4n) is 1.32. The Labute approximate surface area is 104 Å². The van der Waals surface area contributed by atoms with E-state index in [1.165, 1.54) is 12.4 Å². The predicted octanol–water partition coefficient (Wildman–Crippen LogP) is 0.887. The van der Waals surface area contributed by atoms with Crippen LogP contribution in [-0.4, -0.2) is 26.7 Å². The summed E-state index contributed by atoms with van der Waals surface area (Å²) >= 11 is 0. The van der Waals surface area contributed by atoms with Crippen LogP contribution in [0.2, 0.25) is 0 Å². The quantitative estimate of drug-likeness (QED) is 0.642. The third-order valence-electron chi connectivity index (χ3n) is 2.38. The largest absolute Gasteiger partial charge is 0.333 e. The van der Waals surface area contributed by atoms with Crippen molar-refractivity contribution in [2.75, 3.05) is 0 Å². The fourth-order valence-corrected chi connectivity index (χ4v) is 1.32. The molecule has 2 aromatic heterocycles. The Bertz CT molecular complexity index is 570. The summed E-state index contributed by atoms with van der Waals surface area (Å²) in [5.74, 6) is 0.366. The Hall–Kier alpha value is -2.50. The summed E-state index contributed by atoms with van der Waals surface area (Å²) in [5.41, 5.74) is 3.76. The summed E-state index contributed by atoms with van der Waals surface area (Å²) in [6.07, 6.45) is 6.46. The number of hydrogen-bond acceptors (Lipinski definition) is 4. The molecule has 0 radical (unpaired) electrons. The summed E-state index contributed by atoms with van der Waals surface area (Å²) in [6, 6.07) is 3.48. The summed E-state index contributed by atoms with van der Waals surface area (Å²) < 4.78 is 1.79. The third-order valence-corrected chi connectivity index (χ3v) is 2.38. The van der Waals surface area contributed by atoms with Gasteiger partial charge in [-0.2, -0.15) is 5.10 Å². The van der Waals surface area contributed by atoms with Crippen molar-refractivity contribution in [2.45, 2.75) is 6.92 Å². The van der Waals surface area contributed by atoms with Gasteiger partial charge in [0.15, 0.2) is 5.82 Å². The molecule has 0 saturated heterocycles. The Kier molecular flexibility index (Phi) is 3.47. The van der Waals surface area contributed by atoms with E-state index in [-0.39, 0.29) is 5.91 Å². The van der Waals surface area contributed by atoms with E-state index < -0.39 is 0 Å². The van der Waals surface area contributed by atoms with Gasteiger partial charge in [0.2, 0.25) is 0 Å². The summed E-state index contributed by atoms with van der Waals surface area (Å²) in [5, 5.41) is 3.84. The van der Waals surface area contributed by atoms with Gasteiger partial charge >= 0.3 is 0 Å². The highest BCUT2D eigenvalue weighted by Crippen LogP contribution is 1.98. The lowest BCUT2D eigenvalue weighted by Gasteiger charge is -1.99. The minimum atomic E-state index is -0.298. The number of aryl methyl sites for hydroxylation is 2. The number of pyridine rings is 1. The number of hydrogen-bond donors (Lipinski definition) is 1. The first-order valence-corrected chi connectivity index (χ1v) is 5.40. The van der Waals surface area contributed by atoms with Crippen molar-refractivity contribution in [3.63, 3.8) is 0 Å². The van der Waals surface area contributed by atoms with E-state index in [2.05, 4.69) is 20.5 Å². The molecule has 0 spiro atoms. The molecule has 2 heterocycles. The van der Waals surface area contributed by atoms with Gasteiger partial charge in [-0.25, -0.2) is 10.4 Å². The summed E-state index contributed by atoms with van der Waals surface area (Å²) in [6.45, 7) is 1.86. The van der Waals surface area contributed by atoms with Crippen LogP contribution < -0.4 is 5.43 Å². The van der Waals surface area contributed by atoms with E-state index in [0.29, 0.717) is 11.4 Å². The standard InChI is InChI=1S/C12H13N5O/c1-9-3-4-10(7-14-9)12(18)16-15-8-11-13-5-6-17(11)2/h3-8H,1-2H3,(H,16,18)/b15-8+. The van der Waals surface area contributed by atoms with Crippen LogP contribution in [0.4, 0.5) is 0 Å². The van der Waals surface area contributed by atoms with Crippen LogP contribution in [0.15, 0.2) is 35.8 Å². The molecule has 0 aromatic carbocycles. The Morgan fingerprint density at radius 3 is 2.89 bits per heavy atom. The zero-order valence-corrected chi connectivity index (χ0v) is 10.2. The van der Waals surface area contributed by atoms with Gasteiger partial charge in [0.25, 0.3) is 5.91 Å². The molecule has 6 heteroatoms. The lowest BCUT2D eigenvalue weighted by atomic mass is 10.2. The Morgan fingerprint density at radius 2 is 2.28 bits per heavy atom. The van der Waals surface area contributed by atoms with Crippen molar-refractivity contribution in [1.29, 1.82) is 0 Å². The number of carbonyl (C=O) groups is 1. The number of nitrogens with zero attached hydrogens (tertiary/aromatic N) is 4. The third kappa shape index (κ3) is 2.79. The van der Waals surface area contributed by atoms with Crippen LogP contribution >= 0.6 is 0 Å². The molecule has 0 aliphatic rings. The van der Waals surface area contributed by atoms with E-state index in [0.717, 1.165) is 5.69 Å². The second kappa shape index (κ2) is 5.22. The topological polar surface area (TPSA) is 72.2 Å². The van der Waals surface area contributed by atoms with E-state index >= 15 is 0 Å². The van der Waals surface area contributed by atoms with Crippen molar-refractivity contribution in [2.24, 2.45) is 12.1 Å². The average molecular weight is 243 g/mol. The van der Waals surface area contributed by atoms with Crippen LogP contribution in [0.3, 0.4) is 0 Å². The predicted molar refractivity (Wildman–Crippen MR) is 67.2 cm³/mol. The minimum Gasteiger partial charge on any atom is -0.333 e. The monoisotopic (exact) mass is 243 g/mol. The van der Waals surface area contributed by atoms with Crippen molar-refractivity contribution in [1.82, 2.24) is 20.0 Å². The van der Waals surface area contributed by atoms with Crippen molar-refractivity contribution in [3.8, 4) is 0 Å². The Morgan fingerprint density at radius 1 is 1.44 bits per heavy atom. The van der Waals surface area contributed by atoms with E-state index in [1.54, 1.807) is 29.1 Å². The van der Waals surface area contributed by atoms with Gasteiger partial charge < -0.3 is 4.57 Å². The maximum Gasteiger partial charge on any atom is 0.272 e. The fraction of sp³-hybridized carbons (Fsp3) is 0.167. The molecule has 0 atom stereocenters. The first-order valence-electron chi connectivity index (χ1n) is 5.40. The van der Waals surface area contributed by atoms with Crippen LogP contribution in [0, 0.1) is 6.92 Å². The van der Waals surface area contributed by atoms with E-state index in [9.17, 15) is 4.79 Å². The molecule has 2 rings (SSSR count). The van der Waals surface area contributed by atoms with Crippen molar-refractivity contribution >= 4 is 12.1 Å². The molecule has 0 aliphatic carbocycles. The molecule has 92 valence electrons. The molecule has 1 amide bonds. The molecule has 18 heavy (non-hydrogen) atoms.